The summed E-state index contributed by atoms with van der Waals surface area (Å²) in [5.74, 6) is 0.708. The summed E-state index contributed by atoms with van der Waals surface area (Å²) in [4.78, 5) is 0. The third-order valence-corrected chi connectivity index (χ3v) is 8.92. The van der Waals surface area contributed by atoms with Crippen LogP contribution in [0.2, 0.25) is 0 Å². The molecule has 0 aromatic heterocycles. The van der Waals surface area contributed by atoms with Crippen LogP contribution in [0.4, 0.5) is 0 Å². The van der Waals surface area contributed by atoms with Crippen molar-refractivity contribution in [3.63, 3.8) is 0 Å². The third kappa shape index (κ3) is 14.1. The van der Waals surface area contributed by atoms with Crippen LogP contribution in [-0.4, -0.2) is 57.9 Å². The topological polar surface area (TPSA) is 93.0 Å². The van der Waals surface area contributed by atoms with Crippen molar-refractivity contribution in [3.8, 4) is 0 Å². The van der Waals surface area contributed by atoms with Crippen LogP contribution in [0.15, 0.2) is 0 Å². The van der Waals surface area contributed by atoms with Crippen LogP contribution in [-0.2, 0) is 0 Å². The predicted octanol–water partition coefficient (Wildman–Crippen LogP) is 7.14. The van der Waals surface area contributed by atoms with E-state index >= 15 is 0 Å². The van der Waals surface area contributed by atoms with Crippen molar-refractivity contribution >= 4 is 0 Å². The molecular weight excluding hydrogens is 462 g/mol. The Kier molecular flexibility index (Phi) is 23.5. The summed E-state index contributed by atoms with van der Waals surface area (Å²) in [6.45, 7) is 9.27. The molecule has 0 amide bonds. The molecule has 0 heterocycles. The molecule has 0 fully saturated rings. The lowest BCUT2D eigenvalue weighted by atomic mass is 9.67. The molecule has 0 rings (SSSR count). The maximum absolute atomic E-state index is 10.3. The van der Waals surface area contributed by atoms with Crippen molar-refractivity contribution in [1.29, 1.82) is 0 Å². The van der Waals surface area contributed by atoms with Crippen LogP contribution >= 0.6 is 0 Å². The molecule has 0 radical (unpaired) electrons. The lowest BCUT2D eigenvalue weighted by Gasteiger charge is -2.52. The van der Waals surface area contributed by atoms with Gasteiger partial charge >= 0.3 is 0 Å². The SMILES string of the molecule is CCCCCCC(CCCC)C(CCO)(CCO)NC(CCO)(CCO)C(CCCC)CCCCCC. The van der Waals surface area contributed by atoms with Gasteiger partial charge in [0.15, 0.2) is 0 Å². The lowest BCUT2D eigenvalue weighted by Crippen LogP contribution is -2.65. The molecule has 0 bridgehead atoms. The minimum atomic E-state index is -0.400. The first-order chi connectivity index (χ1) is 18.0. The second kappa shape index (κ2) is 23.7. The normalized spacial score (nSPS) is 14.3. The first-order valence-electron chi connectivity index (χ1n) is 16.2. The fraction of sp³-hybridized carbons (Fsp3) is 1.00. The van der Waals surface area contributed by atoms with Crippen molar-refractivity contribution in [1.82, 2.24) is 5.32 Å². The Morgan fingerprint density at radius 3 is 1.00 bits per heavy atom. The summed E-state index contributed by atoms with van der Waals surface area (Å²) in [7, 11) is 0. The Morgan fingerprint density at radius 1 is 0.432 bits per heavy atom. The van der Waals surface area contributed by atoms with Crippen LogP contribution in [0.5, 0.6) is 0 Å². The molecule has 37 heavy (non-hydrogen) atoms. The molecule has 2 atom stereocenters. The van der Waals surface area contributed by atoms with Gasteiger partial charge in [0.25, 0.3) is 0 Å². The molecule has 224 valence electrons. The lowest BCUT2D eigenvalue weighted by molar-refractivity contribution is 0.0121. The van der Waals surface area contributed by atoms with E-state index in [2.05, 4.69) is 33.0 Å². The van der Waals surface area contributed by atoms with Crippen LogP contribution in [0.1, 0.15) is 156 Å². The van der Waals surface area contributed by atoms with Gasteiger partial charge in [-0.3, -0.25) is 0 Å². The van der Waals surface area contributed by atoms with Crippen molar-refractivity contribution in [2.45, 2.75) is 167 Å². The number of unbranched alkanes of at least 4 members (excludes halogenated alkanes) is 8. The van der Waals surface area contributed by atoms with E-state index in [0.29, 0.717) is 37.5 Å². The van der Waals surface area contributed by atoms with E-state index in [1.54, 1.807) is 0 Å². The summed E-state index contributed by atoms with van der Waals surface area (Å²) in [6, 6.07) is 0. The first-order valence-corrected chi connectivity index (χ1v) is 16.2. The molecule has 0 saturated heterocycles. The molecule has 0 saturated carbocycles. The Balaban J connectivity index is 6.46. The molecule has 0 aliphatic heterocycles. The Morgan fingerprint density at radius 2 is 0.730 bits per heavy atom. The molecule has 5 heteroatoms. The van der Waals surface area contributed by atoms with E-state index in [1.807, 2.05) is 0 Å². The number of rotatable bonds is 28. The monoisotopic (exact) mass is 530 g/mol. The van der Waals surface area contributed by atoms with Gasteiger partial charge in [0.2, 0.25) is 0 Å². The average Bonchev–Trinajstić information content (AvgIpc) is 2.88. The van der Waals surface area contributed by atoms with Gasteiger partial charge in [0, 0.05) is 37.5 Å². The highest BCUT2D eigenvalue weighted by Crippen LogP contribution is 2.41. The molecule has 0 aliphatic rings. The number of nitrogens with one attached hydrogen (secondary N) is 1. The van der Waals surface area contributed by atoms with Gasteiger partial charge in [-0.25, -0.2) is 0 Å². The smallest absolute Gasteiger partial charge is 0.0448 e. The number of hydrogen-bond donors (Lipinski definition) is 5. The second-order valence-electron chi connectivity index (χ2n) is 11.7. The quantitative estimate of drug-likeness (QED) is 0.0695. The van der Waals surface area contributed by atoms with E-state index in [1.165, 1.54) is 51.4 Å². The predicted molar refractivity (Wildman–Crippen MR) is 159 cm³/mol. The van der Waals surface area contributed by atoms with Crippen molar-refractivity contribution in [3.05, 3.63) is 0 Å². The molecule has 0 aromatic carbocycles. The van der Waals surface area contributed by atoms with Crippen LogP contribution in [0, 0.1) is 11.8 Å². The largest absolute Gasteiger partial charge is 0.396 e. The van der Waals surface area contributed by atoms with E-state index in [4.69, 9.17) is 0 Å². The Hall–Kier alpha value is -0.200. The molecule has 5 N–H and O–H groups in total. The van der Waals surface area contributed by atoms with Crippen molar-refractivity contribution in [2.24, 2.45) is 11.8 Å². The molecule has 0 aromatic rings. The van der Waals surface area contributed by atoms with Crippen molar-refractivity contribution in [2.75, 3.05) is 26.4 Å². The van der Waals surface area contributed by atoms with E-state index in [9.17, 15) is 20.4 Å². The van der Waals surface area contributed by atoms with Gasteiger partial charge in [0.05, 0.1) is 0 Å². The Bertz CT molecular complexity index is 433. The van der Waals surface area contributed by atoms with Gasteiger partial charge in [-0.2, -0.15) is 0 Å². The summed E-state index contributed by atoms with van der Waals surface area (Å²) < 4.78 is 0. The summed E-state index contributed by atoms with van der Waals surface area (Å²) >= 11 is 0. The standard InChI is InChI=1S/C32H67NO4/c1-5-9-13-15-19-29(17-11-7-3)31(21-25-34,22-26-35)33-32(23-27-36,24-28-37)30(18-12-8-4)20-16-14-10-6-2/h29-30,33-37H,5-28H2,1-4H3. The highest BCUT2D eigenvalue weighted by molar-refractivity contribution is 5.05. The third-order valence-electron chi connectivity index (χ3n) is 8.92. The molecule has 2 unspecified atom stereocenters. The van der Waals surface area contributed by atoms with Gasteiger partial charge < -0.3 is 25.7 Å². The van der Waals surface area contributed by atoms with E-state index < -0.39 is 11.1 Å². The minimum absolute atomic E-state index is 0.0784. The maximum Gasteiger partial charge on any atom is 0.0448 e. The minimum Gasteiger partial charge on any atom is -0.396 e. The molecule has 5 nitrogen and oxygen atoms in total. The van der Waals surface area contributed by atoms with Gasteiger partial charge in [-0.1, -0.05) is 105 Å². The van der Waals surface area contributed by atoms with Crippen LogP contribution < -0.4 is 5.32 Å². The van der Waals surface area contributed by atoms with Crippen molar-refractivity contribution < 1.29 is 20.4 Å². The van der Waals surface area contributed by atoms with E-state index in [-0.39, 0.29) is 26.4 Å². The highest BCUT2D eigenvalue weighted by Gasteiger charge is 2.46. The number of aliphatic hydroxyl groups excluding tert-OH is 4. The highest BCUT2D eigenvalue weighted by atomic mass is 16.3. The number of aliphatic hydroxyl groups is 4. The van der Waals surface area contributed by atoms with Gasteiger partial charge in [-0.15, -0.1) is 0 Å². The maximum atomic E-state index is 10.3. The van der Waals surface area contributed by atoms with Gasteiger partial charge in [-0.05, 0) is 63.2 Å². The van der Waals surface area contributed by atoms with E-state index in [0.717, 1.165) is 51.4 Å². The molecule has 0 spiro atoms. The van der Waals surface area contributed by atoms with Gasteiger partial charge in [0.1, 0.15) is 0 Å². The zero-order valence-electron chi connectivity index (χ0n) is 25.4. The first kappa shape index (κ1) is 36.8. The zero-order valence-corrected chi connectivity index (χ0v) is 25.4. The van der Waals surface area contributed by atoms with Crippen LogP contribution in [0.25, 0.3) is 0 Å². The fourth-order valence-corrected chi connectivity index (χ4v) is 6.74. The number of hydrogen-bond acceptors (Lipinski definition) is 5. The average molecular weight is 530 g/mol. The fourth-order valence-electron chi connectivity index (χ4n) is 6.74. The summed E-state index contributed by atoms with van der Waals surface area (Å²) in [6.07, 6.45) is 21.0. The molecule has 0 aliphatic carbocycles. The Labute approximate surface area is 231 Å². The summed E-state index contributed by atoms with van der Waals surface area (Å²) in [5, 5.41) is 45.5. The molecular formula is C32H67NO4. The zero-order chi connectivity index (χ0) is 27.8. The summed E-state index contributed by atoms with van der Waals surface area (Å²) in [5.41, 5.74) is -0.799. The second-order valence-corrected chi connectivity index (χ2v) is 11.7. The van der Waals surface area contributed by atoms with Crippen LogP contribution in [0.3, 0.4) is 0 Å².